The van der Waals surface area contributed by atoms with Gasteiger partial charge < -0.3 is 5.11 Å². The van der Waals surface area contributed by atoms with Gasteiger partial charge in [0.15, 0.2) is 5.82 Å². The van der Waals surface area contributed by atoms with Crippen molar-refractivity contribution in [1.29, 1.82) is 0 Å². The maximum atomic E-state index is 11.1. The highest BCUT2D eigenvalue weighted by Gasteiger charge is 2.15. The molecule has 5 nitrogen and oxygen atoms in total. The molecule has 18 heavy (non-hydrogen) atoms. The van der Waals surface area contributed by atoms with Gasteiger partial charge in [-0.1, -0.05) is 25.4 Å². The lowest BCUT2D eigenvalue weighted by Crippen LogP contribution is -2.09. The van der Waals surface area contributed by atoms with E-state index in [9.17, 15) is 4.79 Å². The maximum Gasteiger partial charge on any atom is 0.339 e. The Labute approximate surface area is 109 Å². The van der Waals surface area contributed by atoms with Crippen LogP contribution in [0.1, 0.15) is 35.8 Å². The molecule has 0 bridgehead atoms. The van der Waals surface area contributed by atoms with E-state index in [4.69, 9.17) is 16.7 Å². The third-order valence-electron chi connectivity index (χ3n) is 2.49. The van der Waals surface area contributed by atoms with Gasteiger partial charge in [-0.3, -0.25) is 0 Å². The molecule has 2 aromatic rings. The highest BCUT2D eigenvalue weighted by atomic mass is 35.5. The number of aromatic nitrogens is 3. The summed E-state index contributed by atoms with van der Waals surface area (Å²) in [6, 6.07) is 4.70. The topological polar surface area (TPSA) is 68.0 Å². The van der Waals surface area contributed by atoms with Crippen LogP contribution in [-0.2, 0) is 0 Å². The summed E-state index contributed by atoms with van der Waals surface area (Å²) in [4.78, 5) is 15.1. The van der Waals surface area contributed by atoms with Gasteiger partial charge in [-0.15, -0.1) is 0 Å². The van der Waals surface area contributed by atoms with Crippen LogP contribution in [-0.4, -0.2) is 25.8 Å². The number of nitrogens with zero attached hydrogens (tertiary/aromatic N) is 3. The SMILES string of the molecule is CC(C)c1ccn(-c2nc(Cl)ccc2C(=O)O)n1. The molecule has 94 valence electrons. The first-order valence-corrected chi connectivity index (χ1v) is 5.82. The van der Waals surface area contributed by atoms with Gasteiger partial charge in [0.05, 0.1) is 5.69 Å². The van der Waals surface area contributed by atoms with Crippen LogP contribution in [0.3, 0.4) is 0 Å². The third kappa shape index (κ3) is 2.36. The summed E-state index contributed by atoms with van der Waals surface area (Å²) in [5.41, 5.74) is 0.936. The van der Waals surface area contributed by atoms with Gasteiger partial charge in [0, 0.05) is 6.20 Å². The summed E-state index contributed by atoms with van der Waals surface area (Å²) in [5, 5.41) is 13.6. The van der Waals surface area contributed by atoms with Crippen molar-refractivity contribution in [2.24, 2.45) is 0 Å². The standard InChI is InChI=1S/C12H12ClN3O2/c1-7(2)9-5-6-16(15-9)11-8(12(17)18)3-4-10(13)14-11/h3-7H,1-2H3,(H,17,18). The lowest BCUT2D eigenvalue weighted by Gasteiger charge is -2.05. The van der Waals surface area contributed by atoms with Crippen LogP contribution < -0.4 is 0 Å². The molecule has 0 saturated heterocycles. The smallest absolute Gasteiger partial charge is 0.339 e. The van der Waals surface area contributed by atoms with Crippen molar-refractivity contribution in [2.45, 2.75) is 19.8 Å². The zero-order valence-corrected chi connectivity index (χ0v) is 10.7. The van der Waals surface area contributed by atoms with Gasteiger partial charge in [-0.05, 0) is 24.1 Å². The average molecular weight is 266 g/mol. The fourth-order valence-electron chi connectivity index (χ4n) is 1.53. The lowest BCUT2D eigenvalue weighted by molar-refractivity contribution is 0.0696. The second kappa shape index (κ2) is 4.78. The second-order valence-corrected chi connectivity index (χ2v) is 4.54. The van der Waals surface area contributed by atoms with Crippen LogP contribution in [0.4, 0.5) is 0 Å². The number of halogens is 1. The van der Waals surface area contributed by atoms with Crippen LogP contribution in [0, 0.1) is 0 Å². The molecule has 0 aromatic carbocycles. The number of hydrogen-bond donors (Lipinski definition) is 1. The molecule has 0 fully saturated rings. The van der Waals surface area contributed by atoms with E-state index in [0.29, 0.717) is 0 Å². The molecule has 1 N–H and O–H groups in total. The summed E-state index contributed by atoms with van der Waals surface area (Å²) >= 11 is 5.80. The summed E-state index contributed by atoms with van der Waals surface area (Å²) in [7, 11) is 0. The molecule has 6 heteroatoms. The molecule has 0 unspecified atom stereocenters. The van der Waals surface area contributed by atoms with Crippen molar-refractivity contribution < 1.29 is 9.90 Å². The molecule has 0 saturated carbocycles. The summed E-state index contributed by atoms with van der Waals surface area (Å²) < 4.78 is 1.44. The van der Waals surface area contributed by atoms with E-state index in [1.165, 1.54) is 16.8 Å². The first kappa shape index (κ1) is 12.6. The molecular weight excluding hydrogens is 254 g/mol. The highest BCUT2D eigenvalue weighted by molar-refractivity contribution is 6.29. The largest absolute Gasteiger partial charge is 0.478 e. The Bertz CT molecular complexity index is 593. The van der Waals surface area contributed by atoms with Crippen molar-refractivity contribution in [3.8, 4) is 5.82 Å². The van der Waals surface area contributed by atoms with Gasteiger partial charge in [0.1, 0.15) is 10.7 Å². The van der Waals surface area contributed by atoms with Crippen LogP contribution in [0.25, 0.3) is 5.82 Å². The molecule has 2 heterocycles. The van der Waals surface area contributed by atoms with Crippen LogP contribution in [0.2, 0.25) is 5.15 Å². The Morgan fingerprint density at radius 1 is 1.39 bits per heavy atom. The minimum atomic E-state index is -1.06. The van der Waals surface area contributed by atoms with Crippen molar-refractivity contribution in [3.05, 3.63) is 40.8 Å². The molecule has 0 aliphatic rings. The Kier molecular flexibility index (Phi) is 3.34. The third-order valence-corrected chi connectivity index (χ3v) is 2.70. The summed E-state index contributed by atoms with van der Waals surface area (Å²) in [6.45, 7) is 4.02. The Morgan fingerprint density at radius 2 is 2.11 bits per heavy atom. The highest BCUT2D eigenvalue weighted by Crippen LogP contribution is 2.18. The number of hydrogen-bond acceptors (Lipinski definition) is 3. The van der Waals surface area contributed by atoms with Crippen molar-refractivity contribution in [1.82, 2.24) is 14.8 Å². The van der Waals surface area contributed by atoms with Gasteiger partial charge in [0.25, 0.3) is 0 Å². The second-order valence-electron chi connectivity index (χ2n) is 4.15. The molecular formula is C12H12ClN3O2. The number of carboxylic acid groups (broad SMARTS) is 1. The van der Waals surface area contributed by atoms with Gasteiger partial charge in [0.2, 0.25) is 0 Å². The van der Waals surface area contributed by atoms with Crippen LogP contribution >= 0.6 is 11.6 Å². The number of rotatable bonds is 3. The summed E-state index contributed by atoms with van der Waals surface area (Å²) in [5.74, 6) is -0.573. The number of carbonyl (C=O) groups is 1. The van der Waals surface area contributed by atoms with Crippen molar-refractivity contribution in [3.63, 3.8) is 0 Å². The molecule has 0 radical (unpaired) electrons. The zero-order valence-electron chi connectivity index (χ0n) is 9.96. The minimum Gasteiger partial charge on any atom is -0.478 e. The Hall–Kier alpha value is -1.88. The van der Waals surface area contributed by atoms with Crippen molar-refractivity contribution in [2.75, 3.05) is 0 Å². The normalized spacial score (nSPS) is 10.9. The average Bonchev–Trinajstić information content (AvgIpc) is 2.77. The lowest BCUT2D eigenvalue weighted by atomic mass is 10.1. The minimum absolute atomic E-state index is 0.0674. The molecule has 0 amide bonds. The number of pyridine rings is 1. The van der Waals surface area contributed by atoms with E-state index in [0.717, 1.165) is 5.69 Å². The molecule has 2 rings (SSSR count). The van der Waals surface area contributed by atoms with E-state index in [-0.39, 0.29) is 22.5 Å². The molecule has 0 atom stereocenters. The first-order valence-electron chi connectivity index (χ1n) is 5.45. The van der Waals surface area contributed by atoms with Crippen molar-refractivity contribution >= 4 is 17.6 Å². The number of aromatic carboxylic acids is 1. The zero-order chi connectivity index (χ0) is 13.3. The summed E-state index contributed by atoms with van der Waals surface area (Å²) in [6.07, 6.45) is 1.68. The van der Waals surface area contributed by atoms with E-state index in [1.54, 1.807) is 6.20 Å². The van der Waals surface area contributed by atoms with Gasteiger partial charge >= 0.3 is 5.97 Å². The number of carboxylic acids is 1. The van der Waals surface area contributed by atoms with Crippen LogP contribution in [0.15, 0.2) is 24.4 Å². The van der Waals surface area contributed by atoms with E-state index < -0.39 is 5.97 Å². The van der Waals surface area contributed by atoms with E-state index in [2.05, 4.69) is 10.1 Å². The molecule has 0 aliphatic carbocycles. The Morgan fingerprint density at radius 3 is 2.67 bits per heavy atom. The predicted octanol–water partition coefficient (Wildman–Crippen LogP) is 2.74. The quantitative estimate of drug-likeness (QED) is 0.867. The van der Waals surface area contributed by atoms with Gasteiger partial charge in [-0.2, -0.15) is 5.10 Å². The van der Waals surface area contributed by atoms with Crippen LogP contribution in [0.5, 0.6) is 0 Å². The fourth-order valence-corrected chi connectivity index (χ4v) is 1.67. The van der Waals surface area contributed by atoms with E-state index >= 15 is 0 Å². The van der Waals surface area contributed by atoms with E-state index in [1.807, 2.05) is 19.9 Å². The molecule has 2 aromatic heterocycles. The van der Waals surface area contributed by atoms with Gasteiger partial charge in [-0.25, -0.2) is 14.5 Å². The molecule has 0 spiro atoms. The Balaban J connectivity index is 2.54. The predicted molar refractivity (Wildman–Crippen MR) is 67.4 cm³/mol. The maximum absolute atomic E-state index is 11.1. The monoisotopic (exact) mass is 265 g/mol. The molecule has 0 aliphatic heterocycles. The fraction of sp³-hybridized carbons (Fsp3) is 0.250. The first-order chi connectivity index (χ1) is 8.49.